The monoisotopic (exact) mass is 205 g/mol. The van der Waals surface area contributed by atoms with E-state index in [4.69, 9.17) is 10.5 Å². The quantitative estimate of drug-likeness (QED) is 0.707. The van der Waals surface area contributed by atoms with E-state index in [9.17, 15) is 8.42 Å². The minimum atomic E-state index is -2.99. The summed E-state index contributed by atoms with van der Waals surface area (Å²) in [5.41, 5.74) is 6.61. The molecular weight excluding hydrogens is 190 g/mol. The van der Waals surface area contributed by atoms with Gasteiger partial charge in [0.05, 0.1) is 18.6 Å². The Balaban J connectivity index is 2.57. The van der Waals surface area contributed by atoms with E-state index in [2.05, 4.69) is 0 Å². The highest BCUT2D eigenvalue weighted by Gasteiger charge is 2.17. The van der Waals surface area contributed by atoms with Crippen molar-refractivity contribution in [1.82, 2.24) is 0 Å². The summed E-state index contributed by atoms with van der Waals surface area (Å²) in [7, 11) is -2.99. The van der Waals surface area contributed by atoms with Gasteiger partial charge in [0.25, 0.3) is 0 Å². The van der Waals surface area contributed by atoms with Crippen LogP contribution in [0.5, 0.6) is 0 Å². The van der Waals surface area contributed by atoms with Gasteiger partial charge in [-0.1, -0.05) is 0 Å². The molecule has 1 aliphatic heterocycles. The lowest BCUT2D eigenvalue weighted by atomic mass is 10.0. The van der Waals surface area contributed by atoms with Gasteiger partial charge in [0.15, 0.2) is 0 Å². The highest BCUT2D eigenvalue weighted by molar-refractivity contribution is 7.90. The molecule has 0 radical (unpaired) electrons. The van der Waals surface area contributed by atoms with Crippen LogP contribution in [0.4, 0.5) is 0 Å². The van der Waals surface area contributed by atoms with E-state index in [1.54, 1.807) is 6.26 Å². The molecule has 1 atom stereocenters. The zero-order chi connectivity index (χ0) is 9.90. The van der Waals surface area contributed by atoms with Crippen LogP contribution in [0.15, 0.2) is 11.8 Å². The Bertz CT molecular complexity index is 295. The molecule has 0 saturated heterocycles. The van der Waals surface area contributed by atoms with Crippen molar-refractivity contribution in [3.8, 4) is 0 Å². The lowest BCUT2D eigenvalue weighted by Crippen LogP contribution is -2.32. The van der Waals surface area contributed by atoms with E-state index in [-0.39, 0.29) is 5.75 Å². The van der Waals surface area contributed by atoms with Gasteiger partial charge in [-0.05, 0) is 18.4 Å². The van der Waals surface area contributed by atoms with Crippen LogP contribution >= 0.6 is 0 Å². The Morgan fingerprint density at radius 2 is 2.38 bits per heavy atom. The van der Waals surface area contributed by atoms with Crippen LogP contribution in [0, 0.1) is 0 Å². The maximum absolute atomic E-state index is 10.9. The number of nitrogens with two attached hydrogens (primary N) is 1. The highest BCUT2D eigenvalue weighted by atomic mass is 32.2. The third-order valence-corrected chi connectivity index (χ3v) is 2.89. The van der Waals surface area contributed by atoms with Gasteiger partial charge < -0.3 is 10.5 Å². The molecule has 4 nitrogen and oxygen atoms in total. The van der Waals surface area contributed by atoms with Gasteiger partial charge >= 0.3 is 0 Å². The van der Waals surface area contributed by atoms with Gasteiger partial charge in [0.1, 0.15) is 9.84 Å². The number of ether oxygens (including phenoxy) is 1. The number of hydrogen-bond acceptors (Lipinski definition) is 4. The molecule has 1 aliphatic rings. The van der Waals surface area contributed by atoms with E-state index in [1.807, 2.05) is 0 Å². The zero-order valence-corrected chi connectivity index (χ0v) is 8.51. The van der Waals surface area contributed by atoms with E-state index >= 15 is 0 Å². The first-order valence-corrected chi connectivity index (χ1v) is 6.29. The molecule has 13 heavy (non-hydrogen) atoms. The van der Waals surface area contributed by atoms with Crippen molar-refractivity contribution in [3.05, 3.63) is 11.8 Å². The van der Waals surface area contributed by atoms with Gasteiger partial charge in [-0.2, -0.15) is 0 Å². The molecular formula is C8H15NO3S. The minimum Gasteiger partial charge on any atom is -0.501 e. The van der Waals surface area contributed by atoms with Gasteiger partial charge in [-0.3, -0.25) is 0 Å². The molecule has 0 bridgehead atoms. The lowest BCUT2D eigenvalue weighted by Gasteiger charge is -2.18. The van der Waals surface area contributed by atoms with Gasteiger partial charge in [0, 0.05) is 12.3 Å². The SMILES string of the molecule is CS(=O)(=O)CC(N)C1=COCCC1. The number of sulfone groups is 1. The topological polar surface area (TPSA) is 69.4 Å². The Morgan fingerprint density at radius 1 is 1.69 bits per heavy atom. The van der Waals surface area contributed by atoms with Gasteiger partial charge in [0.2, 0.25) is 0 Å². The second-order valence-corrected chi connectivity index (χ2v) is 5.55. The second-order valence-electron chi connectivity index (χ2n) is 3.37. The standard InChI is InChI=1S/C8H15NO3S/c1-13(10,11)6-8(9)7-3-2-4-12-5-7/h5,8H,2-4,6,9H2,1H3. The predicted octanol–water partition coefficient (Wildman–Crippen LogP) is 0.0526. The number of rotatable bonds is 3. The smallest absolute Gasteiger partial charge is 0.149 e. The van der Waals surface area contributed by atoms with Crippen LogP contribution in [-0.4, -0.2) is 33.1 Å². The van der Waals surface area contributed by atoms with Crippen LogP contribution in [0.1, 0.15) is 12.8 Å². The minimum absolute atomic E-state index is 0.00218. The zero-order valence-electron chi connectivity index (χ0n) is 7.69. The molecule has 1 unspecified atom stereocenters. The molecule has 0 aliphatic carbocycles. The molecule has 5 heteroatoms. The Kier molecular flexibility index (Phi) is 3.33. The maximum atomic E-state index is 10.9. The largest absolute Gasteiger partial charge is 0.501 e. The highest BCUT2D eigenvalue weighted by Crippen LogP contribution is 2.15. The molecule has 76 valence electrons. The fourth-order valence-corrected chi connectivity index (χ4v) is 2.16. The molecule has 1 heterocycles. The summed E-state index contributed by atoms with van der Waals surface area (Å²) in [6, 6.07) is -0.407. The molecule has 2 N–H and O–H groups in total. The molecule has 0 aromatic carbocycles. The molecule has 0 aromatic rings. The number of hydrogen-bond donors (Lipinski definition) is 1. The third kappa shape index (κ3) is 3.78. The summed E-state index contributed by atoms with van der Waals surface area (Å²) in [4.78, 5) is 0. The van der Waals surface area contributed by atoms with Crippen LogP contribution in [0.3, 0.4) is 0 Å². The Hall–Kier alpha value is -0.550. The fraction of sp³-hybridized carbons (Fsp3) is 0.750. The van der Waals surface area contributed by atoms with Crippen LogP contribution in [0.2, 0.25) is 0 Å². The van der Waals surface area contributed by atoms with Crippen molar-refractivity contribution in [1.29, 1.82) is 0 Å². The van der Waals surface area contributed by atoms with E-state index < -0.39 is 15.9 Å². The van der Waals surface area contributed by atoms with Crippen LogP contribution in [0.25, 0.3) is 0 Å². The summed E-state index contributed by atoms with van der Waals surface area (Å²) >= 11 is 0. The summed E-state index contributed by atoms with van der Waals surface area (Å²) in [5, 5.41) is 0. The normalized spacial score (nSPS) is 20.3. The van der Waals surface area contributed by atoms with Gasteiger partial charge in [-0.25, -0.2) is 8.42 Å². The van der Waals surface area contributed by atoms with Crippen molar-refractivity contribution >= 4 is 9.84 Å². The Labute approximate surface area is 78.7 Å². The van der Waals surface area contributed by atoms with Crippen molar-refractivity contribution in [2.75, 3.05) is 18.6 Å². The van der Waals surface area contributed by atoms with E-state index in [1.165, 1.54) is 6.26 Å². The Morgan fingerprint density at radius 3 is 2.85 bits per heavy atom. The lowest BCUT2D eigenvalue weighted by molar-refractivity contribution is 0.222. The van der Waals surface area contributed by atoms with Crippen molar-refractivity contribution in [2.24, 2.45) is 5.73 Å². The van der Waals surface area contributed by atoms with Crippen molar-refractivity contribution in [2.45, 2.75) is 18.9 Å². The maximum Gasteiger partial charge on any atom is 0.149 e. The van der Waals surface area contributed by atoms with Crippen LogP contribution < -0.4 is 5.73 Å². The summed E-state index contributed by atoms with van der Waals surface area (Å²) < 4.78 is 27.0. The molecule has 1 rings (SSSR count). The van der Waals surface area contributed by atoms with Crippen LogP contribution in [-0.2, 0) is 14.6 Å². The fourth-order valence-electron chi connectivity index (χ4n) is 1.29. The van der Waals surface area contributed by atoms with E-state index in [0.717, 1.165) is 18.4 Å². The first kappa shape index (κ1) is 10.5. The van der Waals surface area contributed by atoms with E-state index in [0.29, 0.717) is 6.61 Å². The van der Waals surface area contributed by atoms with Gasteiger partial charge in [-0.15, -0.1) is 0 Å². The average molecular weight is 205 g/mol. The molecule has 0 saturated carbocycles. The molecule has 0 aromatic heterocycles. The third-order valence-electron chi connectivity index (χ3n) is 1.92. The predicted molar refractivity (Wildman–Crippen MR) is 51.0 cm³/mol. The summed E-state index contributed by atoms with van der Waals surface area (Å²) in [6.45, 7) is 0.703. The van der Waals surface area contributed by atoms with Crippen molar-refractivity contribution in [3.63, 3.8) is 0 Å². The molecule has 0 spiro atoms. The molecule has 0 fully saturated rings. The summed E-state index contributed by atoms with van der Waals surface area (Å²) in [6.07, 6.45) is 4.55. The van der Waals surface area contributed by atoms with Crippen molar-refractivity contribution < 1.29 is 13.2 Å². The first-order valence-electron chi connectivity index (χ1n) is 4.23. The first-order chi connectivity index (χ1) is 5.99. The average Bonchev–Trinajstić information content (AvgIpc) is 2.03. The summed E-state index contributed by atoms with van der Waals surface area (Å²) in [5.74, 6) is 0.00218. The molecule has 0 amide bonds. The second kappa shape index (κ2) is 4.11.